The molecule has 210 valence electrons. The number of rotatable bonds is 9. The third-order valence-corrected chi connectivity index (χ3v) is 7.81. The smallest absolute Gasteiger partial charge is 0.343 e. The summed E-state index contributed by atoms with van der Waals surface area (Å²) in [5.41, 5.74) is -1.64. The molecule has 1 unspecified atom stereocenters. The number of ether oxygens (including phenoxy) is 2. The Labute approximate surface area is 230 Å². The average Bonchev–Trinajstić information content (AvgIpc) is 3.29. The number of nitro benzene ring substituents is 1. The summed E-state index contributed by atoms with van der Waals surface area (Å²) in [5.74, 6) is -2.65. The second-order valence-electron chi connectivity index (χ2n) is 8.96. The van der Waals surface area contributed by atoms with Crippen LogP contribution < -0.4 is 10.0 Å². The Hall–Kier alpha value is -4.49. The Kier molecular flexibility index (Phi) is 7.80. The lowest BCUT2D eigenvalue weighted by Crippen LogP contribution is -2.54. The first-order chi connectivity index (χ1) is 19.0. The summed E-state index contributed by atoms with van der Waals surface area (Å²) in [6.45, 7) is 4.65. The lowest BCUT2D eigenvalue weighted by Gasteiger charge is -2.27. The largest absolute Gasteiger partial charge is 0.508 e. The van der Waals surface area contributed by atoms with Crippen molar-refractivity contribution >= 4 is 33.3 Å². The van der Waals surface area contributed by atoms with E-state index in [2.05, 4.69) is 10.0 Å². The van der Waals surface area contributed by atoms with Gasteiger partial charge in [0.25, 0.3) is 15.7 Å². The lowest BCUT2D eigenvalue weighted by molar-refractivity contribution is -0.384. The van der Waals surface area contributed by atoms with Crippen LogP contribution in [0, 0.1) is 17.0 Å². The first-order valence-electron chi connectivity index (χ1n) is 12.3. The number of carbonyl (C=O) groups is 2. The van der Waals surface area contributed by atoms with E-state index < -0.39 is 44.2 Å². The van der Waals surface area contributed by atoms with E-state index in [9.17, 15) is 33.2 Å². The zero-order valence-corrected chi connectivity index (χ0v) is 22.7. The zero-order chi connectivity index (χ0) is 29.2. The van der Waals surface area contributed by atoms with Crippen LogP contribution >= 0.6 is 0 Å². The summed E-state index contributed by atoms with van der Waals surface area (Å²) in [5, 5.41) is 25.2. The van der Waals surface area contributed by atoms with Gasteiger partial charge in [0.2, 0.25) is 5.54 Å². The van der Waals surface area contributed by atoms with Crippen molar-refractivity contribution in [3.05, 3.63) is 93.0 Å². The number of benzene rings is 3. The zero-order valence-electron chi connectivity index (χ0n) is 21.8. The fourth-order valence-electron chi connectivity index (χ4n) is 4.60. The maximum atomic E-state index is 13.4. The van der Waals surface area contributed by atoms with Gasteiger partial charge in [-0.1, -0.05) is 29.8 Å². The molecule has 0 aromatic heterocycles. The van der Waals surface area contributed by atoms with E-state index in [-0.39, 0.29) is 40.6 Å². The van der Waals surface area contributed by atoms with Gasteiger partial charge >= 0.3 is 11.9 Å². The van der Waals surface area contributed by atoms with E-state index >= 15 is 0 Å². The number of hydrogen-bond acceptors (Lipinski definition) is 10. The van der Waals surface area contributed by atoms with Gasteiger partial charge in [0.1, 0.15) is 5.75 Å². The van der Waals surface area contributed by atoms with E-state index in [1.165, 1.54) is 56.3 Å². The van der Waals surface area contributed by atoms with Gasteiger partial charge in [0.15, 0.2) is 0 Å². The van der Waals surface area contributed by atoms with Crippen LogP contribution in [0.3, 0.4) is 0 Å². The number of fused-ring (bicyclic) bond motifs is 1. The molecule has 13 heteroatoms. The molecular weight excluding hydrogens is 542 g/mol. The number of non-ortho nitro benzene ring substituents is 1. The van der Waals surface area contributed by atoms with Gasteiger partial charge in [-0.2, -0.15) is 0 Å². The fourth-order valence-corrected chi connectivity index (χ4v) is 5.68. The minimum absolute atomic E-state index is 0.0418. The molecule has 3 aromatic carbocycles. The highest BCUT2D eigenvalue weighted by Crippen LogP contribution is 2.50. The van der Waals surface area contributed by atoms with E-state index in [4.69, 9.17) is 9.47 Å². The van der Waals surface area contributed by atoms with Gasteiger partial charge in [-0.3, -0.25) is 20.2 Å². The van der Waals surface area contributed by atoms with E-state index in [1.54, 1.807) is 12.1 Å². The molecule has 0 spiro atoms. The second kappa shape index (κ2) is 10.9. The van der Waals surface area contributed by atoms with Crippen LogP contribution in [-0.2, 0) is 34.6 Å². The summed E-state index contributed by atoms with van der Waals surface area (Å²) in [7, 11) is -4.17. The van der Waals surface area contributed by atoms with Crippen LogP contribution in [-0.4, -0.2) is 43.6 Å². The van der Waals surface area contributed by atoms with Crippen LogP contribution in [0.15, 0.2) is 65.6 Å². The third kappa shape index (κ3) is 4.96. The summed E-state index contributed by atoms with van der Waals surface area (Å²) < 4.78 is 39.6. The lowest BCUT2D eigenvalue weighted by atomic mass is 9.87. The van der Waals surface area contributed by atoms with Crippen molar-refractivity contribution in [3.63, 3.8) is 0 Å². The summed E-state index contributed by atoms with van der Waals surface area (Å²) in [6.07, 6.45) is 0. The van der Waals surface area contributed by atoms with Gasteiger partial charge in [-0.05, 0) is 50.6 Å². The molecule has 0 saturated heterocycles. The molecule has 4 rings (SSSR count). The SMILES string of the molecule is CCOC(=O)C1(C(=O)OCC)NC(c2ccc([N+](=O)[O-])cc2)c2c(NS(=O)(=O)c3ccc(C)cc3)ccc(O)c21. The molecule has 0 bridgehead atoms. The van der Waals surface area contributed by atoms with Crippen molar-refractivity contribution in [2.45, 2.75) is 37.2 Å². The van der Waals surface area contributed by atoms with Gasteiger partial charge in [0, 0.05) is 23.3 Å². The highest BCUT2D eigenvalue weighted by Gasteiger charge is 2.60. The molecule has 0 saturated carbocycles. The van der Waals surface area contributed by atoms with Gasteiger partial charge in [-0.25, -0.2) is 18.0 Å². The Morgan fingerprint density at radius 1 is 1.00 bits per heavy atom. The minimum Gasteiger partial charge on any atom is -0.508 e. The van der Waals surface area contributed by atoms with Crippen molar-refractivity contribution in [2.75, 3.05) is 17.9 Å². The van der Waals surface area contributed by atoms with Crippen molar-refractivity contribution in [1.82, 2.24) is 5.32 Å². The first-order valence-corrected chi connectivity index (χ1v) is 13.8. The quantitative estimate of drug-likeness (QED) is 0.114. The van der Waals surface area contributed by atoms with Gasteiger partial charge < -0.3 is 14.6 Å². The number of phenolic OH excluding ortho intramolecular Hbond substituents is 1. The number of anilines is 1. The number of phenols is 1. The fraction of sp³-hybridized carbons (Fsp3) is 0.259. The van der Waals surface area contributed by atoms with Crippen LogP contribution in [0.1, 0.15) is 42.1 Å². The Balaban J connectivity index is 1.98. The number of esters is 2. The van der Waals surface area contributed by atoms with E-state index in [0.29, 0.717) is 5.56 Å². The Bertz CT molecular complexity index is 1550. The number of aromatic hydroxyl groups is 1. The van der Waals surface area contributed by atoms with E-state index in [0.717, 1.165) is 11.6 Å². The number of nitrogens with one attached hydrogen (secondary N) is 2. The second-order valence-corrected chi connectivity index (χ2v) is 10.6. The van der Waals surface area contributed by atoms with Gasteiger partial charge in [-0.15, -0.1) is 0 Å². The maximum absolute atomic E-state index is 13.4. The van der Waals surface area contributed by atoms with Crippen molar-refractivity contribution < 1.29 is 37.5 Å². The monoisotopic (exact) mass is 569 g/mol. The molecule has 0 fully saturated rings. The topological polar surface area (TPSA) is 174 Å². The molecule has 12 nitrogen and oxygen atoms in total. The third-order valence-electron chi connectivity index (χ3n) is 6.42. The molecule has 3 aromatic rings. The molecule has 0 amide bonds. The van der Waals surface area contributed by atoms with Crippen LogP contribution in [0.4, 0.5) is 11.4 Å². The van der Waals surface area contributed by atoms with Crippen molar-refractivity contribution in [3.8, 4) is 5.75 Å². The normalized spacial score (nSPS) is 15.6. The number of hydrogen-bond donors (Lipinski definition) is 3. The van der Waals surface area contributed by atoms with Crippen molar-refractivity contribution in [2.24, 2.45) is 0 Å². The molecule has 0 radical (unpaired) electrons. The highest BCUT2D eigenvalue weighted by atomic mass is 32.2. The predicted molar refractivity (Wildman–Crippen MR) is 143 cm³/mol. The van der Waals surface area contributed by atoms with Crippen LogP contribution in [0.5, 0.6) is 5.75 Å². The molecule has 3 N–H and O–H groups in total. The average molecular weight is 570 g/mol. The minimum atomic E-state index is -4.17. The van der Waals surface area contributed by atoms with Crippen molar-refractivity contribution in [1.29, 1.82) is 0 Å². The Morgan fingerprint density at radius 2 is 1.57 bits per heavy atom. The molecule has 0 aliphatic carbocycles. The number of aryl methyl sites for hydroxylation is 1. The molecule has 1 atom stereocenters. The highest BCUT2D eigenvalue weighted by molar-refractivity contribution is 7.92. The standard InChI is InChI=1S/C27H27N3O9S/c1-4-38-25(32)27(26(33)39-5-2)23-21(31)15-14-20(29-40(36,37)19-12-6-16(3)7-13-19)22(23)24(28-27)17-8-10-18(11-9-17)30(34)35/h6-15,24,28-29,31H,4-5H2,1-3H3. The first kappa shape index (κ1) is 28.5. The van der Waals surface area contributed by atoms with E-state index in [1.807, 2.05) is 6.92 Å². The Morgan fingerprint density at radius 3 is 2.10 bits per heavy atom. The molecule has 1 aliphatic heterocycles. The van der Waals surface area contributed by atoms with Gasteiger partial charge in [0.05, 0.1) is 34.8 Å². The molecular formula is C27H27N3O9S. The number of sulfonamides is 1. The maximum Gasteiger partial charge on any atom is 0.343 e. The number of carbonyl (C=O) groups excluding carboxylic acids is 2. The number of nitro groups is 1. The molecule has 1 heterocycles. The predicted octanol–water partition coefficient (Wildman–Crippen LogP) is 3.42. The van der Waals surface area contributed by atoms with Crippen LogP contribution in [0.25, 0.3) is 0 Å². The molecule has 40 heavy (non-hydrogen) atoms. The summed E-state index contributed by atoms with van der Waals surface area (Å²) >= 11 is 0. The summed E-state index contributed by atoms with van der Waals surface area (Å²) in [6, 6.07) is 12.7. The number of nitrogens with zero attached hydrogens (tertiary/aromatic N) is 1. The summed E-state index contributed by atoms with van der Waals surface area (Å²) in [4.78, 5) is 37.5. The molecule has 1 aliphatic rings. The van der Waals surface area contributed by atoms with Crippen LogP contribution in [0.2, 0.25) is 0 Å².